The van der Waals surface area contributed by atoms with Gasteiger partial charge in [0.05, 0.1) is 0 Å². The van der Waals surface area contributed by atoms with Crippen LogP contribution in [0.1, 0.15) is 23.5 Å². The van der Waals surface area contributed by atoms with Crippen LogP contribution in [0.2, 0.25) is 0 Å². The van der Waals surface area contributed by atoms with Gasteiger partial charge in [-0.25, -0.2) is 4.72 Å². The molecular weight excluding hydrogens is 262 g/mol. The summed E-state index contributed by atoms with van der Waals surface area (Å²) in [6.07, 6.45) is 1.62. The van der Waals surface area contributed by atoms with Gasteiger partial charge in [0.2, 0.25) is 0 Å². The fourth-order valence-corrected chi connectivity index (χ4v) is 3.30. The van der Waals surface area contributed by atoms with E-state index in [9.17, 15) is 8.42 Å². The van der Waals surface area contributed by atoms with Gasteiger partial charge in [-0.2, -0.15) is 12.7 Å². The summed E-state index contributed by atoms with van der Waals surface area (Å²) in [7, 11) is -1.80. The van der Waals surface area contributed by atoms with Crippen molar-refractivity contribution in [1.29, 1.82) is 0 Å². The number of benzene rings is 1. The molecule has 6 heteroatoms. The van der Waals surface area contributed by atoms with Gasteiger partial charge in [-0.15, -0.1) is 0 Å². The van der Waals surface area contributed by atoms with Gasteiger partial charge in [-0.3, -0.25) is 0 Å². The van der Waals surface area contributed by atoms with Crippen LogP contribution in [0.4, 0.5) is 0 Å². The second-order valence-corrected chi connectivity index (χ2v) is 6.78. The number of hydrogen-bond donors (Lipinski definition) is 2. The Labute approximate surface area is 115 Å². The molecule has 0 amide bonds. The standard InChI is InChI=1S/C13H21N3O2S/c1-16(8-4-7-14)19(17,18)15-10-12-9-11-5-2-3-6-13(11)12/h2-3,5-6,12,15H,4,7-10,14H2,1H3. The smallest absolute Gasteiger partial charge is 0.279 e. The molecule has 0 radical (unpaired) electrons. The predicted molar refractivity (Wildman–Crippen MR) is 76.1 cm³/mol. The Kier molecular flexibility index (Phi) is 4.57. The molecule has 1 aliphatic carbocycles. The van der Waals surface area contributed by atoms with Crippen molar-refractivity contribution in [2.75, 3.05) is 26.7 Å². The van der Waals surface area contributed by atoms with Crippen molar-refractivity contribution in [2.24, 2.45) is 5.73 Å². The zero-order valence-corrected chi connectivity index (χ0v) is 12.0. The highest BCUT2D eigenvalue weighted by atomic mass is 32.2. The maximum atomic E-state index is 12.0. The van der Waals surface area contributed by atoms with Crippen molar-refractivity contribution in [3.05, 3.63) is 35.4 Å². The molecule has 5 nitrogen and oxygen atoms in total. The first-order valence-electron chi connectivity index (χ1n) is 6.53. The first-order valence-corrected chi connectivity index (χ1v) is 7.97. The highest BCUT2D eigenvalue weighted by Gasteiger charge is 2.27. The van der Waals surface area contributed by atoms with Crippen molar-refractivity contribution < 1.29 is 8.42 Å². The molecule has 2 rings (SSSR count). The molecule has 19 heavy (non-hydrogen) atoms. The molecule has 0 heterocycles. The molecule has 1 aromatic carbocycles. The lowest BCUT2D eigenvalue weighted by molar-refractivity contribution is 0.447. The minimum absolute atomic E-state index is 0.300. The molecule has 1 aliphatic rings. The number of rotatable bonds is 7. The molecule has 106 valence electrons. The Hall–Kier alpha value is -0.950. The molecule has 1 unspecified atom stereocenters. The maximum Gasteiger partial charge on any atom is 0.279 e. The number of nitrogens with two attached hydrogens (primary N) is 1. The van der Waals surface area contributed by atoms with E-state index >= 15 is 0 Å². The van der Waals surface area contributed by atoms with Crippen LogP contribution in [0.3, 0.4) is 0 Å². The van der Waals surface area contributed by atoms with Crippen LogP contribution in [0, 0.1) is 0 Å². The third-order valence-electron chi connectivity index (χ3n) is 3.56. The Morgan fingerprint density at radius 1 is 1.42 bits per heavy atom. The Morgan fingerprint density at radius 2 is 2.16 bits per heavy atom. The lowest BCUT2D eigenvalue weighted by Crippen LogP contribution is -2.42. The molecule has 1 aromatic rings. The summed E-state index contributed by atoms with van der Waals surface area (Å²) in [6, 6.07) is 8.16. The van der Waals surface area contributed by atoms with Crippen LogP contribution >= 0.6 is 0 Å². The Bertz CT molecular complexity index is 530. The van der Waals surface area contributed by atoms with E-state index in [-0.39, 0.29) is 0 Å². The third-order valence-corrected chi connectivity index (χ3v) is 5.10. The van der Waals surface area contributed by atoms with Crippen LogP contribution in [0.25, 0.3) is 0 Å². The zero-order chi connectivity index (χ0) is 13.9. The van der Waals surface area contributed by atoms with Crippen molar-refractivity contribution in [3.8, 4) is 0 Å². The van der Waals surface area contributed by atoms with Gasteiger partial charge < -0.3 is 5.73 Å². The molecule has 0 spiro atoms. The van der Waals surface area contributed by atoms with Gasteiger partial charge in [0.15, 0.2) is 0 Å². The van der Waals surface area contributed by atoms with E-state index in [4.69, 9.17) is 5.73 Å². The van der Waals surface area contributed by atoms with Crippen LogP contribution in [-0.4, -0.2) is 39.4 Å². The van der Waals surface area contributed by atoms with Crippen LogP contribution in [0.15, 0.2) is 24.3 Å². The fourth-order valence-electron chi connectivity index (χ4n) is 2.30. The lowest BCUT2D eigenvalue weighted by Gasteiger charge is -2.30. The Balaban J connectivity index is 1.86. The van der Waals surface area contributed by atoms with Crippen LogP contribution in [0.5, 0.6) is 0 Å². The van der Waals surface area contributed by atoms with Gasteiger partial charge in [0.25, 0.3) is 10.2 Å². The minimum Gasteiger partial charge on any atom is -0.330 e. The van der Waals surface area contributed by atoms with Gasteiger partial charge in [0.1, 0.15) is 0 Å². The van der Waals surface area contributed by atoms with Crippen molar-refractivity contribution >= 4 is 10.2 Å². The van der Waals surface area contributed by atoms with Gasteiger partial charge >= 0.3 is 0 Å². The van der Waals surface area contributed by atoms with E-state index in [1.807, 2.05) is 12.1 Å². The minimum atomic E-state index is -3.38. The number of nitrogens with zero attached hydrogens (tertiary/aromatic N) is 1. The molecule has 3 N–H and O–H groups in total. The summed E-state index contributed by atoms with van der Waals surface area (Å²) < 4.78 is 27.9. The summed E-state index contributed by atoms with van der Waals surface area (Å²) in [5.74, 6) is 0.300. The summed E-state index contributed by atoms with van der Waals surface area (Å²) in [5, 5.41) is 0. The molecule has 0 aromatic heterocycles. The first-order chi connectivity index (χ1) is 9.04. The fraction of sp³-hybridized carbons (Fsp3) is 0.538. The van der Waals surface area contributed by atoms with Crippen LogP contribution < -0.4 is 10.5 Å². The number of hydrogen-bond acceptors (Lipinski definition) is 3. The molecule has 1 atom stereocenters. The van der Waals surface area contributed by atoms with E-state index in [1.54, 1.807) is 7.05 Å². The molecule has 0 fully saturated rings. The summed E-state index contributed by atoms with van der Waals surface area (Å²) >= 11 is 0. The lowest BCUT2D eigenvalue weighted by atomic mass is 9.78. The molecule has 0 saturated heterocycles. The van der Waals surface area contributed by atoms with Crippen molar-refractivity contribution in [2.45, 2.75) is 18.8 Å². The molecular formula is C13H21N3O2S. The summed E-state index contributed by atoms with van der Waals surface area (Å²) in [4.78, 5) is 0. The van der Waals surface area contributed by atoms with Gasteiger partial charge in [0, 0.05) is 26.1 Å². The topological polar surface area (TPSA) is 75.4 Å². The van der Waals surface area contributed by atoms with Crippen LogP contribution in [-0.2, 0) is 16.6 Å². The summed E-state index contributed by atoms with van der Waals surface area (Å²) in [6.45, 7) is 1.41. The second kappa shape index (κ2) is 6.00. The second-order valence-electron chi connectivity index (χ2n) is 4.92. The Morgan fingerprint density at radius 3 is 2.84 bits per heavy atom. The highest BCUT2D eigenvalue weighted by Crippen LogP contribution is 2.34. The van der Waals surface area contributed by atoms with E-state index in [0.717, 1.165) is 6.42 Å². The van der Waals surface area contributed by atoms with Gasteiger partial charge in [-0.1, -0.05) is 24.3 Å². The van der Waals surface area contributed by atoms with E-state index in [2.05, 4.69) is 16.9 Å². The quantitative estimate of drug-likeness (QED) is 0.762. The average Bonchev–Trinajstić information content (AvgIpc) is 2.36. The average molecular weight is 283 g/mol. The predicted octanol–water partition coefficient (Wildman–Crippen LogP) is 0.441. The van der Waals surface area contributed by atoms with E-state index in [0.29, 0.717) is 32.0 Å². The van der Waals surface area contributed by atoms with E-state index < -0.39 is 10.2 Å². The molecule has 0 saturated carbocycles. The number of fused-ring (bicyclic) bond motifs is 1. The first kappa shape index (κ1) is 14.5. The monoisotopic (exact) mass is 283 g/mol. The van der Waals surface area contributed by atoms with Gasteiger partial charge in [-0.05, 0) is 30.5 Å². The molecule has 0 bridgehead atoms. The zero-order valence-electron chi connectivity index (χ0n) is 11.2. The van der Waals surface area contributed by atoms with E-state index in [1.165, 1.54) is 15.4 Å². The largest absolute Gasteiger partial charge is 0.330 e. The SMILES string of the molecule is CN(CCCN)S(=O)(=O)NCC1Cc2ccccc21. The van der Waals surface area contributed by atoms with Crippen molar-refractivity contribution in [1.82, 2.24) is 9.03 Å². The normalized spacial score (nSPS) is 18.2. The summed E-state index contributed by atoms with van der Waals surface area (Å²) in [5.41, 5.74) is 7.97. The maximum absolute atomic E-state index is 12.0. The third kappa shape index (κ3) is 3.33. The van der Waals surface area contributed by atoms with Crippen molar-refractivity contribution in [3.63, 3.8) is 0 Å². The highest BCUT2D eigenvalue weighted by molar-refractivity contribution is 7.87. The molecule has 0 aliphatic heterocycles. The number of nitrogens with one attached hydrogen (secondary N) is 1.